The summed E-state index contributed by atoms with van der Waals surface area (Å²) >= 11 is 0. The minimum absolute atomic E-state index is 0.267. The molecule has 3 aromatic rings. The van der Waals surface area contributed by atoms with E-state index >= 15 is 0 Å². The molecule has 1 aliphatic rings. The lowest BCUT2D eigenvalue weighted by molar-refractivity contribution is 0.458. The number of nitrogens with zero attached hydrogens (tertiary/aromatic N) is 2. The third-order valence-electron chi connectivity index (χ3n) is 5.15. The summed E-state index contributed by atoms with van der Waals surface area (Å²) in [5.74, 6) is 2.31. The Bertz CT molecular complexity index is 1030. The Balaban J connectivity index is 1.63. The molecule has 0 amide bonds. The van der Waals surface area contributed by atoms with Crippen molar-refractivity contribution in [3.8, 4) is 11.3 Å². The van der Waals surface area contributed by atoms with E-state index < -0.39 is 0 Å². The van der Waals surface area contributed by atoms with Crippen molar-refractivity contribution >= 4 is 11.5 Å². The normalized spacial score (nSPS) is 13.1. The summed E-state index contributed by atoms with van der Waals surface area (Å²) in [6.45, 7) is 5.87. The summed E-state index contributed by atoms with van der Waals surface area (Å²) in [4.78, 5) is 9.15. The van der Waals surface area contributed by atoms with E-state index in [2.05, 4.69) is 15.3 Å². The van der Waals surface area contributed by atoms with Gasteiger partial charge in [0.25, 0.3) is 0 Å². The molecule has 0 saturated heterocycles. The largest absolute Gasteiger partial charge is 0.465 e. The average molecular weight is 377 g/mol. The van der Waals surface area contributed by atoms with E-state index in [9.17, 15) is 4.39 Å². The molecule has 1 aromatic carbocycles. The minimum Gasteiger partial charge on any atom is -0.465 e. The fourth-order valence-electron chi connectivity index (χ4n) is 3.81. The van der Waals surface area contributed by atoms with Gasteiger partial charge in [-0.3, -0.25) is 4.98 Å². The predicted octanol–water partition coefficient (Wildman–Crippen LogP) is 5.93. The van der Waals surface area contributed by atoms with Crippen molar-refractivity contribution in [2.24, 2.45) is 0 Å². The van der Waals surface area contributed by atoms with E-state index in [1.54, 1.807) is 24.5 Å². The van der Waals surface area contributed by atoms with E-state index in [0.29, 0.717) is 17.1 Å². The molecule has 2 heterocycles. The molecule has 144 valence electrons. The number of rotatable bonds is 4. The first-order valence-electron chi connectivity index (χ1n) is 9.67. The Morgan fingerprint density at radius 2 is 1.86 bits per heavy atom. The number of hydrogen-bond donors (Lipinski definition) is 1. The first-order chi connectivity index (χ1) is 13.5. The molecule has 4 rings (SSSR count). The molecule has 2 aromatic heterocycles. The minimum atomic E-state index is -0.267. The van der Waals surface area contributed by atoms with Crippen molar-refractivity contribution in [2.45, 2.75) is 46.5 Å². The van der Waals surface area contributed by atoms with Crippen LogP contribution in [0.25, 0.3) is 17.0 Å². The number of hydrogen-bond acceptors (Lipinski definition) is 4. The second-order valence-electron chi connectivity index (χ2n) is 7.41. The van der Waals surface area contributed by atoms with Gasteiger partial charge in [0, 0.05) is 28.8 Å². The maximum atomic E-state index is 14.2. The summed E-state index contributed by atoms with van der Waals surface area (Å²) in [6.07, 6.45) is 7.84. The Labute approximate surface area is 164 Å². The maximum absolute atomic E-state index is 14.2. The monoisotopic (exact) mass is 377 g/mol. The standard InChI is InChI=1S/C23H24FN3O/c1-14(2)23(16-8-4-6-10-18(16)24)27-21-13-25-19(12-26-21)22-15(3)28-20-11-7-5-9-17(20)22/h4,6,8,10,12-13H,5,7,9,11H2,1-3H3,(H,26,27). The van der Waals surface area contributed by atoms with E-state index in [4.69, 9.17) is 4.42 Å². The van der Waals surface area contributed by atoms with Crippen LogP contribution in [-0.4, -0.2) is 9.97 Å². The smallest absolute Gasteiger partial charge is 0.148 e. The number of allylic oxidation sites excluding steroid dienone is 1. The fourth-order valence-corrected chi connectivity index (χ4v) is 3.81. The van der Waals surface area contributed by atoms with Gasteiger partial charge in [-0.2, -0.15) is 0 Å². The van der Waals surface area contributed by atoms with E-state index in [1.165, 1.54) is 24.5 Å². The van der Waals surface area contributed by atoms with Gasteiger partial charge in [-0.15, -0.1) is 0 Å². The van der Waals surface area contributed by atoms with E-state index in [0.717, 1.165) is 41.2 Å². The maximum Gasteiger partial charge on any atom is 0.148 e. The quantitative estimate of drug-likeness (QED) is 0.612. The second-order valence-corrected chi connectivity index (χ2v) is 7.41. The number of nitrogens with one attached hydrogen (secondary N) is 1. The highest BCUT2D eigenvalue weighted by Crippen LogP contribution is 2.35. The Kier molecular flexibility index (Phi) is 4.99. The van der Waals surface area contributed by atoms with Crippen LogP contribution in [0.3, 0.4) is 0 Å². The predicted molar refractivity (Wildman–Crippen MR) is 109 cm³/mol. The van der Waals surface area contributed by atoms with Crippen molar-refractivity contribution in [2.75, 3.05) is 5.32 Å². The molecular weight excluding hydrogens is 353 g/mol. The molecule has 4 nitrogen and oxygen atoms in total. The van der Waals surface area contributed by atoms with Gasteiger partial charge in [-0.25, -0.2) is 9.37 Å². The van der Waals surface area contributed by atoms with Crippen molar-refractivity contribution in [1.29, 1.82) is 0 Å². The highest BCUT2D eigenvalue weighted by molar-refractivity contribution is 5.78. The number of aromatic nitrogens is 2. The van der Waals surface area contributed by atoms with Gasteiger partial charge in [0.1, 0.15) is 23.2 Å². The molecule has 5 heteroatoms. The average Bonchev–Trinajstić information content (AvgIpc) is 3.03. The Morgan fingerprint density at radius 3 is 2.57 bits per heavy atom. The topological polar surface area (TPSA) is 51.0 Å². The zero-order chi connectivity index (χ0) is 19.7. The van der Waals surface area contributed by atoms with Crippen molar-refractivity contribution < 1.29 is 8.81 Å². The highest BCUT2D eigenvalue weighted by Gasteiger charge is 2.22. The van der Waals surface area contributed by atoms with Crippen molar-refractivity contribution in [3.63, 3.8) is 0 Å². The summed E-state index contributed by atoms with van der Waals surface area (Å²) in [7, 11) is 0. The van der Waals surface area contributed by atoms with Gasteiger partial charge in [0.15, 0.2) is 0 Å². The van der Waals surface area contributed by atoms with Gasteiger partial charge in [-0.1, -0.05) is 17.7 Å². The number of benzene rings is 1. The third kappa shape index (κ3) is 3.44. The van der Waals surface area contributed by atoms with Gasteiger partial charge in [0.2, 0.25) is 0 Å². The molecule has 1 aliphatic carbocycles. The van der Waals surface area contributed by atoms with Crippen LogP contribution in [0, 0.1) is 12.7 Å². The van der Waals surface area contributed by atoms with Crippen molar-refractivity contribution in [1.82, 2.24) is 9.97 Å². The molecule has 0 bridgehead atoms. The lowest BCUT2D eigenvalue weighted by Gasteiger charge is -2.14. The number of anilines is 1. The SMILES string of the molecule is CC(C)=C(Nc1cnc(-c2c(C)oc3c2CCCC3)cn1)c1ccccc1F. The van der Waals surface area contributed by atoms with Crippen LogP contribution in [0.4, 0.5) is 10.2 Å². The Hall–Kier alpha value is -2.95. The van der Waals surface area contributed by atoms with E-state index in [-0.39, 0.29) is 5.82 Å². The third-order valence-corrected chi connectivity index (χ3v) is 5.15. The second kappa shape index (κ2) is 7.58. The van der Waals surface area contributed by atoms with Crippen LogP contribution >= 0.6 is 0 Å². The number of fused-ring (bicyclic) bond motifs is 1. The summed E-state index contributed by atoms with van der Waals surface area (Å²) in [5.41, 5.74) is 5.36. The van der Waals surface area contributed by atoms with Crippen LogP contribution in [0.15, 0.2) is 46.6 Å². The van der Waals surface area contributed by atoms with Crippen molar-refractivity contribution in [3.05, 3.63) is 70.7 Å². The molecule has 28 heavy (non-hydrogen) atoms. The van der Waals surface area contributed by atoms with Crippen LogP contribution in [0.2, 0.25) is 0 Å². The van der Waals surface area contributed by atoms with Crippen LogP contribution in [0.1, 0.15) is 49.3 Å². The Morgan fingerprint density at radius 1 is 1.07 bits per heavy atom. The first-order valence-corrected chi connectivity index (χ1v) is 9.67. The van der Waals surface area contributed by atoms with Gasteiger partial charge >= 0.3 is 0 Å². The van der Waals surface area contributed by atoms with Gasteiger partial charge in [0.05, 0.1) is 18.1 Å². The number of aryl methyl sites for hydroxylation is 2. The molecule has 0 spiro atoms. The molecule has 0 unspecified atom stereocenters. The molecular formula is C23H24FN3O. The summed E-state index contributed by atoms with van der Waals surface area (Å²) < 4.78 is 20.2. The first kappa shape index (κ1) is 18.4. The zero-order valence-corrected chi connectivity index (χ0v) is 16.5. The molecule has 0 aliphatic heterocycles. The molecule has 0 saturated carbocycles. The molecule has 0 radical (unpaired) electrons. The van der Waals surface area contributed by atoms with Crippen LogP contribution in [-0.2, 0) is 12.8 Å². The highest BCUT2D eigenvalue weighted by atomic mass is 19.1. The van der Waals surface area contributed by atoms with Crippen LogP contribution < -0.4 is 5.32 Å². The van der Waals surface area contributed by atoms with E-state index in [1.807, 2.05) is 26.8 Å². The molecule has 0 atom stereocenters. The lowest BCUT2D eigenvalue weighted by Crippen LogP contribution is -2.05. The molecule has 1 N–H and O–H groups in total. The number of halogens is 1. The number of furan rings is 1. The zero-order valence-electron chi connectivity index (χ0n) is 16.5. The summed E-state index contributed by atoms with van der Waals surface area (Å²) in [6, 6.07) is 6.72. The van der Waals surface area contributed by atoms with Gasteiger partial charge in [-0.05, 0) is 52.2 Å². The summed E-state index contributed by atoms with van der Waals surface area (Å²) in [5, 5.41) is 3.23. The lowest BCUT2D eigenvalue weighted by atomic mass is 9.93. The van der Waals surface area contributed by atoms with Gasteiger partial charge < -0.3 is 9.73 Å². The fraction of sp³-hybridized carbons (Fsp3) is 0.304. The van der Waals surface area contributed by atoms with Crippen LogP contribution in [0.5, 0.6) is 0 Å². The molecule has 0 fully saturated rings.